The number of hydrogen-bond donors (Lipinski definition) is 0. The highest BCUT2D eigenvalue weighted by Gasteiger charge is 2.46. The average molecular weight is 257 g/mol. The van der Waals surface area contributed by atoms with Crippen LogP contribution in [-0.2, 0) is 0 Å². The Balaban J connectivity index is 2.13. The molecule has 0 spiro atoms. The molecule has 1 atom stereocenters. The molecule has 0 unspecified atom stereocenters. The fourth-order valence-corrected chi connectivity index (χ4v) is 9.74. The van der Waals surface area contributed by atoms with Crippen molar-refractivity contribution in [2.45, 2.75) is 19.6 Å². The maximum Gasteiger partial charge on any atom is 0.146 e. The molecule has 0 aromatic heterocycles. The molecule has 0 N–H and O–H groups in total. The van der Waals surface area contributed by atoms with E-state index in [4.69, 9.17) is 16.0 Å². The molecule has 1 heterocycles. The Bertz CT molecular complexity index is 397. The van der Waals surface area contributed by atoms with Crippen molar-refractivity contribution in [1.29, 1.82) is 0 Å². The van der Waals surface area contributed by atoms with Crippen LogP contribution in [0.2, 0.25) is 19.6 Å². The van der Waals surface area contributed by atoms with Crippen LogP contribution in [0.5, 0.6) is 5.75 Å². The quantitative estimate of drug-likeness (QED) is 0.560. The highest BCUT2D eigenvalue weighted by Crippen LogP contribution is 2.75. The second-order valence-corrected chi connectivity index (χ2v) is 12.4. The third-order valence-corrected chi connectivity index (χ3v) is 9.17. The van der Waals surface area contributed by atoms with Gasteiger partial charge in [-0.2, -0.15) is 0 Å². The summed E-state index contributed by atoms with van der Waals surface area (Å²) in [5, 5.41) is 0. The van der Waals surface area contributed by atoms with Crippen molar-refractivity contribution in [2.24, 2.45) is 0 Å². The van der Waals surface area contributed by atoms with Crippen LogP contribution in [-0.4, -0.2) is 8.07 Å². The van der Waals surface area contributed by atoms with Gasteiger partial charge in [-0.05, 0) is 12.1 Å². The van der Waals surface area contributed by atoms with Crippen LogP contribution in [0.25, 0.3) is 0 Å². The molecule has 0 saturated carbocycles. The summed E-state index contributed by atoms with van der Waals surface area (Å²) in [6.07, 6.45) is 0. The van der Waals surface area contributed by atoms with Gasteiger partial charge in [0.2, 0.25) is 0 Å². The van der Waals surface area contributed by atoms with Gasteiger partial charge in [0.15, 0.2) is 0 Å². The minimum absolute atomic E-state index is 0.564. The molecule has 1 aliphatic rings. The summed E-state index contributed by atoms with van der Waals surface area (Å²) >= 11 is 6.25. The van der Waals surface area contributed by atoms with Crippen molar-refractivity contribution in [1.82, 2.24) is 0 Å². The van der Waals surface area contributed by atoms with Crippen molar-refractivity contribution in [3.05, 3.63) is 40.8 Å². The van der Waals surface area contributed by atoms with E-state index < -0.39 is 15.3 Å². The van der Waals surface area contributed by atoms with Gasteiger partial charge in [0, 0.05) is 4.94 Å². The lowest BCUT2D eigenvalue weighted by atomic mass is 10.3. The first kappa shape index (κ1) is 11.2. The zero-order valence-electron chi connectivity index (χ0n) is 9.12. The lowest BCUT2D eigenvalue weighted by molar-refractivity contribution is 0.473. The molecule has 1 aliphatic heterocycles. The summed E-state index contributed by atoms with van der Waals surface area (Å²) in [6, 6.07) is 9.86. The molecule has 0 saturated heterocycles. The monoisotopic (exact) mass is 256 g/mol. The van der Waals surface area contributed by atoms with E-state index >= 15 is 0 Å². The molecule has 0 bridgehead atoms. The fraction of sp³-hybridized carbons (Fsp3) is 0.273. The van der Waals surface area contributed by atoms with Crippen molar-refractivity contribution in [2.75, 3.05) is 0 Å². The van der Waals surface area contributed by atoms with Crippen LogP contribution in [0.1, 0.15) is 0 Å². The van der Waals surface area contributed by atoms with Gasteiger partial charge in [-0.15, -0.1) is 0 Å². The van der Waals surface area contributed by atoms with Gasteiger partial charge in [0.25, 0.3) is 0 Å². The highest BCUT2D eigenvalue weighted by molar-refractivity contribution is 7.98. The first-order valence-corrected chi connectivity index (χ1v) is 10.7. The Hall–Kier alpha value is -0.303. The van der Waals surface area contributed by atoms with Gasteiger partial charge >= 0.3 is 0 Å². The molecule has 1 aromatic rings. The summed E-state index contributed by atoms with van der Waals surface area (Å²) in [5.41, 5.74) is 1.05. The van der Waals surface area contributed by atoms with Crippen molar-refractivity contribution < 1.29 is 4.74 Å². The van der Waals surface area contributed by atoms with Gasteiger partial charge in [0.05, 0.1) is 15.3 Å². The maximum atomic E-state index is 6.25. The van der Waals surface area contributed by atoms with Gasteiger partial charge in [0.1, 0.15) is 11.2 Å². The van der Waals surface area contributed by atoms with E-state index in [0.29, 0.717) is 0 Å². The standard InChI is InChI=1S/C11H14ClOPSi/c1-15(2,3)11-10(14(11)12)13-9-7-5-4-6-8-9/h4-8H,1-3H3/t14-/m1/s1. The SMILES string of the molecule is C[Si](C)(C)C1=C(Oc2ccccc2)[P@@]1Cl. The minimum atomic E-state index is -1.25. The molecule has 2 rings (SSSR count). The summed E-state index contributed by atoms with van der Waals surface area (Å²) in [6.45, 7) is 6.92. The maximum absolute atomic E-state index is 6.25. The van der Waals surface area contributed by atoms with Crippen LogP contribution in [0.3, 0.4) is 0 Å². The molecule has 0 aliphatic carbocycles. The van der Waals surface area contributed by atoms with Gasteiger partial charge in [-0.3, -0.25) is 0 Å². The highest BCUT2D eigenvalue weighted by atomic mass is 35.7. The second-order valence-electron chi connectivity index (χ2n) is 4.60. The first-order chi connectivity index (χ1) is 7.00. The normalized spacial score (nSPS) is 20.4. The van der Waals surface area contributed by atoms with E-state index in [0.717, 1.165) is 11.2 Å². The number of halogens is 1. The third-order valence-electron chi connectivity index (χ3n) is 2.20. The smallest absolute Gasteiger partial charge is 0.146 e. The molecule has 15 heavy (non-hydrogen) atoms. The molecule has 1 nitrogen and oxygen atoms in total. The molecular formula is C11H14ClOPSi. The average Bonchev–Trinajstić information content (AvgIpc) is 2.77. The molecule has 0 radical (unpaired) electrons. The van der Waals surface area contributed by atoms with E-state index in [9.17, 15) is 0 Å². The van der Waals surface area contributed by atoms with E-state index in [1.807, 2.05) is 30.3 Å². The Morgan fingerprint density at radius 3 is 2.20 bits per heavy atom. The predicted octanol–water partition coefficient (Wildman–Crippen LogP) is 4.76. The summed E-state index contributed by atoms with van der Waals surface area (Å²) < 4.78 is 5.79. The largest absolute Gasteiger partial charge is 0.456 e. The van der Waals surface area contributed by atoms with Crippen molar-refractivity contribution >= 4 is 26.6 Å². The van der Waals surface area contributed by atoms with Crippen LogP contribution >= 0.6 is 18.5 Å². The molecule has 1 aromatic carbocycles. The topological polar surface area (TPSA) is 9.23 Å². The minimum Gasteiger partial charge on any atom is -0.456 e. The summed E-state index contributed by atoms with van der Waals surface area (Å²) in [7, 11) is -1.82. The third kappa shape index (κ3) is 2.44. The Morgan fingerprint density at radius 2 is 1.73 bits per heavy atom. The Kier molecular flexibility index (Phi) is 2.93. The predicted molar refractivity (Wildman–Crippen MR) is 70.2 cm³/mol. The first-order valence-electron chi connectivity index (χ1n) is 4.94. The fourth-order valence-electron chi connectivity index (χ4n) is 1.43. The molecule has 4 heteroatoms. The van der Waals surface area contributed by atoms with E-state index in [-0.39, 0.29) is 0 Å². The van der Waals surface area contributed by atoms with Crippen LogP contribution in [0.15, 0.2) is 40.8 Å². The lowest BCUT2D eigenvalue weighted by Crippen LogP contribution is -2.17. The number of hydrogen-bond acceptors (Lipinski definition) is 1. The second kappa shape index (κ2) is 3.93. The van der Waals surface area contributed by atoms with Gasteiger partial charge < -0.3 is 4.74 Å². The molecular weight excluding hydrogens is 243 g/mol. The van der Waals surface area contributed by atoms with Gasteiger partial charge in [-0.1, -0.05) is 49.1 Å². The summed E-state index contributed by atoms with van der Waals surface area (Å²) in [5.74, 6) is 0.897. The summed E-state index contributed by atoms with van der Waals surface area (Å²) in [4.78, 5) is 1.42. The number of para-hydroxylation sites is 1. The Morgan fingerprint density at radius 1 is 1.13 bits per heavy atom. The molecule has 80 valence electrons. The number of benzene rings is 1. The van der Waals surface area contributed by atoms with Crippen LogP contribution < -0.4 is 4.74 Å². The van der Waals surface area contributed by atoms with E-state index in [1.165, 1.54) is 4.94 Å². The van der Waals surface area contributed by atoms with Gasteiger partial charge in [-0.25, -0.2) is 0 Å². The molecule has 0 fully saturated rings. The zero-order chi connectivity index (χ0) is 11.1. The number of rotatable bonds is 3. The Labute approximate surface area is 97.7 Å². The van der Waals surface area contributed by atoms with E-state index in [1.54, 1.807) is 0 Å². The molecule has 0 amide bonds. The zero-order valence-corrected chi connectivity index (χ0v) is 11.8. The van der Waals surface area contributed by atoms with E-state index in [2.05, 4.69) is 19.6 Å². The lowest BCUT2D eigenvalue weighted by Gasteiger charge is -2.08. The van der Waals surface area contributed by atoms with Crippen molar-refractivity contribution in [3.63, 3.8) is 0 Å². The number of ether oxygens (including phenoxy) is 1. The van der Waals surface area contributed by atoms with Crippen LogP contribution in [0.4, 0.5) is 0 Å². The van der Waals surface area contributed by atoms with Crippen molar-refractivity contribution in [3.8, 4) is 5.75 Å². The van der Waals surface area contributed by atoms with Crippen LogP contribution in [0, 0.1) is 0 Å².